The fourth-order valence-corrected chi connectivity index (χ4v) is 9.34. The minimum Gasteiger partial charge on any atom is -0.456 e. The fraction of sp³-hybridized carbons (Fsp3) is 0.0588. The maximum Gasteiger partial charge on any atom is 0.136 e. The van der Waals surface area contributed by atoms with Crippen LogP contribution in [0.2, 0.25) is 0 Å². The molecule has 0 amide bonds. The molecule has 0 saturated carbocycles. The van der Waals surface area contributed by atoms with Crippen LogP contribution in [-0.4, -0.2) is 0 Å². The smallest absolute Gasteiger partial charge is 0.136 e. The summed E-state index contributed by atoms with van der Waals surface area (Å²) in [6, 6.07) is 62.3. The molecule has 52 heavy (non-hydrogen) atoms. The Kier molecular flexibility index (Phi) is 6.08. The van der Waals surface area contributed by atoms with Gasteiger partial charge in [0.15, 0.2) is 0 Å². The van der Waals surface area contributed by atoms with Crippen molar-refractivity contribution in [3.05, 3.63) is 181 Å². The molecule has 0 aliphatic heterocycles. The maximum absolute atomic E-state index is 6.37. The van der Waals surface area contributed by atoms with Crippen LogP contribution >= 0.6 is 0 Å². The number of rotatable bonds is 3. The van der Waals surface area contributed by atoms with E-state index in [0.29, 0.717) is 0 Å². The lowest BCUT2D eigenvalue weighted by molar-refractivity contribution is 0.665. The van der Waals surface area contributed by atoms with Crippen LogP contribution in [0.1, 0.15) is 25.0 Å². The van der Waals surface area contributed by atoms with Gasteiger partial charge < -0.3 is 4.42 Å². The van der Waals surface area contributed by atoms with Gasteiger partial charge in [-0.1, -0.05) is 159 Å². The number of para-hydroxylation sites is 1. The van der Waals surface area contributed by atoms with Crippen molar-refractivity contribution in [3.8, 4) is 44.5 Å². The topological polar surface area (TPSA) is 13.1 Å². The minimum absolute atomic E-state index is 0.171. The molecule has 1 heteroatoms. The average molecular weight is 663 g/mol. The third-order valence-electron chi connectivity index (χ3n) is 11.6. The van der Waals surface area contributed by atoms with E-state index in [1.165, 1.54) is 98.7 Å². The Morgan fingerprint density at radius 3 is 1.69 bits per heavy atom. The Morgan fingerprint density at radius 2 is 0.962 bits per heavy atom. The summed E-state index contributed by atoms with van der Waals surface area (Å²) in [5.74, 6) is 0. The van der Waals surface area contributed by atoms with Crippen molar-refractivity contribution in [3.63, 3.8) is 0 Å². The second-order valence-corrected chi connectivity index (χ2v) is 14.8. The molecule has 1 nitrogen and oxygen atoms in total. The van der Waals surface area contributed by atoms with Gasteiger partial charge in [0.05, 0.1) is 0 Å². The van der Waals surface area contributed by atoms with Crippen molar-refractivity contribution >= 4 is 54.3 Å². The lowest BCUT2D eigenvalue weighted by Gasteiger charge is -2.23. The molecular weight excluding hydrogens is 629 g/mol. The zero-order valence-electron chi connectivity index (χ0n) is 29.1. The normalized spacial score (nSPS) is 13.3. The molecule has 9 aromatic carbocycles. The lowest BCUT2D eigenvalue weighted by atomic mass is 9.79. The third kappa shape index (κ3) is 4.05. The predicted molar refractivity (Wildman–Crippen MR) is 220 cm³/mol. The van der Waals surface area contributed by atoms with Crippen molar-refractivity contribution in [2.75, 3.05) is 0 Å². The van der Waals surface area contributed by atoms with Crippen LogP contribution in [0.15, 0.2) is 174 Å². The second-order valence-electron chi connectivity index (χ2n) is 14.8. The Balaban J connectivity index is 1.11. The molecule has 0 radical (unpaired) electrons. The van der Waals surface area contributed by atoms with Gasteiger partial charge in [-0.2, -0.15) is 0 Å². The number of hydrogen-bond acceptors (Lipinski definition) is 1. The molecule has 244 valence electrons. The van der Waals surface area contributed by atoms with Crippen LogP contribution in [0.5, 0.6) is 0 Å². The Labute approximate surface area is 302 Å². The lowest BCUT2D eigenvalue weighted by Crippen LogP contribution is -2.15. The van der Waals surface area contributed by atoms with E-state index in [2.05, 4.69) is 184 Å². The van der Waals surface area contributed by atoms with E-state index in [0.717, 1.165) is 11.2 Å². The predicted octanol–water partition coefficient (Wildman–Crippen LogP) is 14.4. The summed E-state index contributed by atoms with van der Waals surface area (Å²) in [6.45, 7) is 4.77. The Bertz CT molecular complexity index is 3030. The van der Waals surface area contributed by atoms with Crippen LogP contribution in [0, 0.1) is 0 Å². The van der Waals surface area contributed by atoms with Gasteiger partial charge in [-0.05, 0) is 112 Å². The van der Waals surface area contributed by atoms with Crippen molar-refractivity contribution < 1.29 is 4.42 Å². The van der Waals surface area contributed by atoms with Crippen molar-refractivity contribution in [1.82, 2.24) is 0 Å². The quantitative estimate of drug-likeness (QED) is 0.172. The summed E-state index contributed by atoms with van der Waals surface area (Å²) in [5, 5.41) is 10.0. The van der Waals surface area contributed by atoms with Crippen LogP contribution in [0.25, 0.3) is 98.8 Å². The highest BCUT2D eigenvalue weighted by atomic mass is 16.3. The summed E-state index contributed by atoms with van der Waals surface area (Å²) in [6.07, 6.45) is 0. The zero-order chi connectivity index (χ0) is 34.6. The van der Waals surface area contributed by atoms with Crippen molar-refractivity contribution in [1.29, 1.82) is 0 Å². The Morgan fingerprint density at radius 1 is 0.385 bits per heavy atom. The first-order valence-electron chi connectivity index (χ1n) is 18.2. The maximum atomic E-state index is 6.37. The van der Waals surface area contributed by atoms with Crippen molar-refractivity contribution in [2.24, 2.45) is 0 Å². The highest BCUT2D eigenvalue weighted by Crippen LogP contribution is 2.54. The first-order chi connectivity index (χ1) is 25.6. The average Bonchev–Trinajstić information content (AvgIpc) is 3.69. The van der Waals surface area contributed by atoms with E-state index in [-0.39, 0.29) is 5.41 Å². The van der Waals surface area contributed by atoms with Crippen molar-refractivity contribution in [2.45, 2.75) is 19.3 Å². The largest absolute Gasteiger partial charge is 0.456 e. The number of benzene rings is 9. The molecule has 1 heterocycles. The molecule has 0 bridgehead atoms. The van der Waals surface area contributed by atoms with Gasteiger partial charge in [0.25, 0.3) is 0 Å². The minimum atomic E-state index is -0.171. The molecule has 1 aromatic heterocycles. The van der Waals surface area contributed by atoms with Gasteiger partial charge in [-0.3, -0.25) is 0 Å². The third-order valence-corrected chi connectivity index (χ3v) is 11.6. The first kappa shape index (κ1) is 29.3. The monoisotopic (exact) mass is 662 g/mol. The van der Waals surface area contributed by atoms with Crippen LogP contribution in [0.4, 0.5) is 0 Å². The summed E-state index contributed by atoms with van der Waals surface area (Å²) in [7, 11) is 0. The van der Waals surface area contributed by atoms with E-state index in [1.54, 1.807) is 0 Å². The number of furan rings is 1. The van der Waals surface area contributed by atoms with Gasteiger partial charge >= 0.3 is 0 Å². The van der Waals surface area contributed by atoms with E-state index >= 15 is 0 Å². The summed E-state index contributed by atoms with van der Waals surface area (Å²) in [4.78, 5) is 0. The van der Waals surface area contributed by atoms with Gasteiger partial charge in [0.1, 0.15) is 11.2 Å². The summed E-state index contributed by atoms with van der Waals surface area (Å²) in [5.41, 5.74) is 14.6. The van der Waals surface area contributed by atoms with E-state index in [4.69, 9.17) is 4.42 Å². The molecule has 1 aliphatic rings. The summed E-state index contributed by atoms with van der Waals surface area (Å²) < 4.78 is 6.37. The Hall–Kier alpha value is -6.44. The molecule has 10 aromatic rings. The van der Waals surface area contributed by atoms with E-state index in [9.17, 15) is 0 Å². The first-order valence-corrected chi connectivity index (χ1v) is 18.2. The highest BCUT2D eigenvalue weighted by molar-refractivity contribution is 6.23. The standard InChI is InChI=1S/C51H34O/c1-51(2)43-27-24-34(30-42(43)40-26-23-32-25-28-45-49(48(32)50(40)51)41-21-10-11-22-44(41)52-45)33-15-12-16-35(29-33)47-38-19-8-6-17-36(38)46(31-13-4-3-5-14-31)37-18-7-9-20-39(37)47/h3-30H,1-2H3. The fourth-order valence-electron chi connectivity index (χ4n) is 9.34. The zero-order valence-corrected chi connectivity index (χ0v) is 29.1. The SMILES string of the molecule is CC1(C)c2ccc(-c3cccc(-c4c5ccccc5c(-c5ccccc5)c5ccccc45)c3)cc2-c2ccc3ccc4oc5ccccc5c4c3c21. The molecule has 11 rings (SSSR count). The highest BCUT2D eigenvalue weighted by Gasteiger charge is 2.38. The van der Waals surface area contributed by atoms with Gasteiger partial charge in [0, 0.05) is 16.2 Å². The van der Waals surface area contributed by atoms with Crippen LogP contribution in [0.3, 0.4) is 0 Å². The second kappa shape index (κ2) is 10.8. The molecule has 0 atom stereocenters. The number of hydrogen-bond donors (Lipinski definition) is 0. The molecule has 0 saturated heterocycles. The van der Waals surface area contributed by atoms with Crippen LogP contribution in [-0.2, 0) is 5.41 Å². The molecule has 0 N–H and O–H groups in total. The van der Waals surface area contributed by atoms with Gasteiger partial charge in [0.2, 0.25) is 0 Å². The molecule has 0 unspecified atom stereocenters. The summed E-state index contributed by atoms with van der Waals surface area (Å²) >= 11 is 0. The van der Waals surface area contributed by atoms with Crippen LogP contribution < -0.4 is 0 Å². The molecule has 1 aliphatic carbocycles. The van der Waals surface area contributed by atoms with E-state index < -0.39 is 0 Å². The van der Waals surface area contributed by atoms with E-state index in [1.807, 2.05) is 0 Å². The number of fused-ring (bicyclic) bond motifs is 11. The molecule has 0 spiro atoms. The van der Waals surface area contributed by atoms with Gasteiger partial charge in [-0.15, -0.1) is 0 Å². The van der Waals surface area contributed by atoms with Gasteiger partial charge in [-0.25, -0.2) is 0 Å². The molecule has 0 fully saturated rings. The molecular formula is C51H34O.